The van der Waals surface area contributed by atoms with Crippen LogP contribution in [-0.4, -0.2) is 48.3 Å². The van der Waals surface area contributed by atoms with Gasteiger partial charge in [0.05, 0.1) is 13.2 Å². The van der Waals surface area contributed by atoms with E-state index in [1.54, 1.807) is 0 Å². The minimum Gasteiger partial charge on any atom is -0.469 e. The van der Waals surface area contributed by atoms with E-state index in [1.165, 1.54) is 20.0 Å². The molecule has 1 saturated heterocycles. The smallest absolute Gasteiger partial charge is 0.305 e. The Balaban J connectivity index is 2.22. The van der Waals surface area contributed by atoms with Crippen molar-refractivity contribution in [3.63, 3.8) is 0 Å². The Bertz CT molecular complexity index is 218. The van der Waals surface area contributed by atoms with Gasteiger partial charge in [-0.25, -0.2) is 0 Å². The lowest BCUT2D eigenvalue weighted by Crippen LogP contribution is -2.33. The van der Waals surface area contributed by atoms with Crippen LogP contribution in [0, 0.1) is 0 Å². The number of rotatable bonds is 6. The molecule has 1 heterocycles. The van der Waals surface area contributed by atoms with Crippen LogP contribution in [0.3, 0.4) is 0 Å². The fraction of sp³-hybridized carbons (Fsp3) is 0.917. The van der Waals surface area contributed by atoms with Crippen molar-refractivity contribution in [3.05, 3.63) is 0 Å². The van der Waals surface area contributed by atoms with Crippen LogP contribution < -0.4 is 0 Å². The third-order valence-corrected chi connectivity index (χ3v) is 3.17. The van der Waals surface area contributed by atoms with Crippen molar-refractivity contribution in [1.82, 2.24) is 4.90 Å². The van der Waals surface area contributed by atoms with Crippen LogP contribution in [0.5, 0.6) is 0 Å². The predicted molar refractivity (Wildman–Crippen MR) is 62.1 cm³/mol. The number of carbonyl (C=O) groups excluding carboxylic acids is 1. The molecule has 2 atom stereocenters. The summed E-state index contributed by atoms with van der Waals surface area (Å²) in [6.07, 6.45) is 4.33. The number of methoxy groups -OCH3 is 1. The van der Waals surface area contributed by atoms with E-state index in [9.17, 15) is 9.90 Å². The lowest BCUT2D eigenvalue weighted by Gasteiger charge is -2.25. The molecule has 0 aromatic carbocycles. The number of aliphatic hydroxyl groups excluding tert-OH is 1. The van der Waals surface area contributed by atoms with Crippen molar-refractivity contribution < 1.29 is 14.6 Å². The minimum absolute atomic E-state index is 0.133. The van der Waals surface area contributed by atoms with Crippen LogP contribution in [0.2, 0.25) is 0 Å². The second-order valence-corrected chi connectivity index (χ2v) is 4.60. The van der Waals surface area contributed by atoms with Crippen molar-refractivity contribution in [2.75, 3.05) is 20.2 Å². The number of carbonyl (C=O) groups is 1. The highest BCUT2D eigenvalue weighted by Gasteiger charge is 2.24. The van der Waals surface area contributed by atoms with Crippen molar-refractivity contribution in [2.24, 2.45) is 0 Å². The fourth-order valence-corrected chi connectivity index (χ4v) is 2.38. The normalized spacial score (nSPS) is 23.3. The Hall–Kier alpha value is -0.610. The zero-order chi connectivity index (χ0) is 12.0. The Kier molecular flexibility index (Phi) is 5.77. The maximum atomic E-state index is 11.0. The highest BCUT2D eigenvalue weighted by atomic mass is 16.5. The summed E-state index contributed by atoms with van der Waals surface area (Å²) < 4.78 is 4.61. The van der Waals surface area contributed by atoms with Gasteiger partial charge in [-0.1, -0.05) is 0 Å². The molecule has 94 valence electrons. The standard InChI is InChI=1S/C12H23NO3/c1-10(14)9-11-5-3-7-13(11)8-4-6-12(15)16-2/h10-11,14H,3-9H2,1-2H3. The number of nitrogens with zero attached hydrogens (tertiary/aromatic N) is 1. The lowest BCUT2D eigenvalue weighted by atomic mass is 10.1. The van der Waals surface area contributed by atoms with E-state index in [2.05, 4.69) is 9.64 Å². The van der Waals surface area contributed by atoms with E-state index in [0.717, 1.165) is 25.9 Å². The molecule has 4 nitrogen and oxygen atoms in total. The number of ether oxygens (including phenoxy) is 1. The first-order valence-corrected chi connectivity index (χ1v) is 6.12. The molecule has 16 heavy (non-hydrogen) atoms. The van der Waals surface area contributed by atoms with Crippen molar-refractivity contribution in [3.8, 4) is 0 Å². The molecule has 0 spiro atoms. The van der Waals surface area contributed by atoms with E-state index in [4.69, 9.17) is 0 Å². The fourth-order valence-electron chi connectivity index (χ4n) is 2.38. The molecule has 1 aliphatic heterocycles. The van der Waals surface area contributed by atoms with Crippen molar-refractivity contribution in [2.45, 2.75) is 51.2 Å². The molecular weight excluding hydrogens is 206 g/mol. The van der Waals surface area contributed by atoms with Crippen LogP contribution in [0.15, 0.2) is 0 Å². The van der Waals surface area contributed by atoms with E-state index in [-0.39, 0.29) is 12.1 Å². The summed E-state index contributed by atoms with van der Waals surface area (Å²) in [6, 6.07) is 0.498. The Labute approximate surface area is 97.6 Å². The maximum Gasteiger partial charge on any atom is 0.305 e. The molecule has 0 aromatic heterocycles. The molecule has 2 unspecified atom stereocenters. The van der Waals surface area contributed by atoms with Crippen LogP contribution >= 0.6 is 0 Å². The highest BCUT2D eigenvalue weighted by Crippen LogP contribution is 2.21. The van der Waals surface area contributed by atoms with E-state index in [0.29, 0.717) is 12.5 Å². The first kappa shape index (κ1) is 13.5. The Morgan fingerprint density at radius 3 is 3.00 bits per heavy atom. The van der Waals surface area contributed by atoms with Gasteiger partial charge < -0.3 is 14.7 Å². The molecule has 1 aliphatic rings. The monoisotopic (exact) mass is 229 g/mol. The largest absolute Gasteiger partial charge is 0.469 e. The number of aliphatic hydroxyl groups is 1. The Morgan fingerprint density at radius 2 is 2.38 bits per heavy atom. The summed E-state index contributed by atoms with van der Waals surface area (Å²) in [4.78, 5) is 13.3. The van der Waals surface area contributed by atoms with Gasteiger partial charge in [0.15, 0.2) is 0 Å². The molecule has 0 bridgehead atoms. The number of likely N-dealkylation sites (tertiary alicyclic amines) is 1. The molecule has 1 fully saturated rings. The van der Waals surface area contributed by atoms with Gasteiger partial charge in [-0.05, 0) is 45.7 Å². The summed E-state index contributed by atoms with van der Waals surface area (Å²) in [6.45, 7) is 3.87. The summed E-state index contributed by atoms with van der Waals surface area (Å²) in [7, 11) is 1.43. The van der Waals surface area contributed by atoms with Gasteiger partial charge in [0, 0.05) is 12.5 Å². The summed E-state index contributed by atoms with van der Waals surface area (Å²) >= 11 is 0. The number of esters is 1. The summed E-state index contributed by atoms with van der Waals surface area (Å²) in [5.41, 5.74) is 0. The van der Waals surface area contributed by atoms with Gasteiger partial charge in [0.2, 0.25) is 0 Å². The first-order valence-electron chi connectivity index (χ1n) is 6.12. The van der Waals surface area contributed by atoms with Gasteiger partial charge in [-0.15, -0.1) is 0 Å². The van der Waals surface area contributed by atoms with Crippen molar-refractivity contribution in [1.29, 1.82) is 0 Å². The predicted octanol–water partition coefficient (Wildman–Crippen LogP) is 1.17. The SMILES string of the molecule is COC(=O)CCCN1CCCC1CC(C)O. The molecule has 0 amide bonds. The quantitative estimate of drug-likeness (QED) is 0.695. The number of hydrogen-bond donors (Lipinski definition) is 1. The highest BCUT2D eigenvalue weighted by molar-refractivity contribution is 5.69. The average Bonchev–Trinajstić information content (AvgIpc) is 2.64. The minimum atomic E-state index is -0.230. The zero-order valence-electron chi connectivity index (χ0n) is 10.3. The van der Waals surface area contributed by atoms with Crippen LogP contribution in [-0.2, 0) is 9.53 Å². The molecule has 1 N–H and O–H groups in total. The average molecular weight is 229 g/mol. The molecule has 4 heteroatoms. The van der Waals surface area contributed by atoms with Crippen LogP contribution in [0.25, 0.3) is 0 Å². The molecule has 0 aromatic rings. The number of hydrogen-bond acceptors (Lipinski definition) is 4. The molecule has 0 radical (unpaired) electrons. The summed E-state index contributed by atoms with van der Waals surface area (Å²) in [5.74, 6) is -0.133. The van der Waals surface area contributed by atoms with Crippen molar-refractivity contribution >= 4 is 5.97 Å². The van der Waals surface area contributed by atoms with E-state index < -0.39 is 0 Å². The molecular formula is C12H23NO3. The lowest BCUT2D eigenvalue weighted by molar-refractivity contribution is -0.140. The van der Waals surface area contributed by atoms with Gasteiger partial charge >= 0.3 is 5.97 Å². The van der Waals surface area contributed by atoms with Gasteiger partial charge in [-0.2, -0.15) is 0 Å². The third kappa shape index (κ3) is 4.49. The van der Waals surface area contributed by atoms with E-state index >= 15 is 0 Å². The summed E-state index contributed by atoms with van der Waals surface area (Å²) in [5, 5.41) is 9.38. The molecule has 1 rings (SSSR count). The van der Waals surface area contributed by atoms with Gasteiger partial charge in [0.1, 0.15) is 0 Å². The second kappa shape index (κ2) is 6.86. The van der Waals surface area contributed by atoms with Crippen LogP contribution in [0.1, 0.15) is 39.0 Å². The topological polar surface area (TPSA) is 49.8 Å². The first-order chi connectivity index (χ1) is 7.63. The Morgan fingerprint density at radius 1 is 1.62 bits per heavy atom. The third-order valence-electron chi connectivity index (χ3n) is 3.17. The maximum absolute atomic E-state index is 11.0. The van der Waals surface area contributed by atoms with E-state index in [1.807, 2.05) is 6.92 Å². The molecule has 0 saturated carbocycles. The van der Waals surface area contributed by atoms with Gasteiger partial charge in [0.25, 0.3) is 0 Å². The van der Waals surface area contributed by atoms with Gasteiger partial charge in [-0.3, -0.25) is 4.79 Å². The zero-order valence-corrected chi connectivity index (χ0v) is 10.3. The van der Waals surface area contributed by atoms with Crippen LogP contribution in [0.4, 0.5) is 0 Å². The molecule has 0 aliphatic carbocycles. The second-order valence-electron chi connectivity index (χ2n) is 4.60.